The number of aliphatic hydroxyl groups is 1. The highest BCUT2D eigenvalue weighted by molar-refractivity contribution is 4.62. The minimum atomic E-state index is 0.352. The fourth-order valence-electron chi connectivity index (χ4n) is 1.18. The SMILES string of the molecule is CC(C)CCC(CO)C(C)C.CCC. The quantitative estimate of drug-likeness (QED) is 0.711. The Balaban J connectivity index is 0. The Morgan fingerprint density at radius 2 is 1.36 bits per heavy atom. The van der Waals surface area contributed by atoms with Crippen molar-refractivity contribution in [3.8, 4) is 0 Å². The Morgan fingerprint density at radius 1 is 0.929 bits per heavy atom. The van der Waals surface area contributed by atoms with Crippen molar-refractivity contribution in [1.29, 1.82) is 0 Å². The van der Waals surface area contributed by atoms with E-state index in [4.69, 9.17) is 5.11 Å². The van der Waals surface area contributed by atoms with Gasteiger partial charge in [-0.05, 0) is 24.2 Å². The van der Waals surface area contributed by atoms with Crippen molar-refractivity contribution in [1.82, 2.24) is 0 Å². The van der Waals surface area contributed by atoms with E-state index >= 15 is 0 Å². The predicted molar refractivity (Wildman–Crippen MR) is 65.5 cm³/mol. The van der Waals surface area contributed by atoms with Gasteiger partial charge in [0.25, 0.3) is 0 Å². The summed E-state index contributed by atoms with van der Waals surface area (Å²) in [6.07, 6.45) is 3.66. The summed E-state index contributed by atoms with van der Waals surface area (Å²) < 4.78 is 0. The van der Waals surface area contributed by atoms with Gasteiger partial charge >= 0.3 is 0 Å². The summed E-state index contributed by atoms with van der Waals surface area (Å²) in [6.45, 7) is 13.4. The van der Waals surface area contributed by atoms with Gasteiger partial charge in [-0.3, -0.25) is 0 Å². The summed E-state index contributed by atoms with van der Waals surface area (Å²) >= 11 is 0. The first kappa shape index (κ1) is 16.4. The maximum absolute atomic E-state index is 9.01. The normalized spacial score (nSPS) is 12.6. The van der Waals surface area contributed by atoms with Gasteiger partial charge in [-0.25, -0.2) is 0 Å². The second-order valence-electron chi connectivity index (χ2n) is 4.86. The van der Waals surface area contributed by atoms with Crippen LogP contribution in [-0.4, -0.2) is 11.7 Å². The molecule has 88 valence electrons. The fraction of sp³-hybridized carbons (Fsp3) is 1.00. The molecule has 0 heterocycles. The molecule has 0 aromatic rings. The second-order valence-corrected chi connectivity index (χ2v) is 4.86. The zero-order chi connectivity index (χ0) is 11.6. The van der Waals surface area contributed by atoms with E-state index < -0.39 is 0 Å². The lowest BCUT2D eigenvalue weighted by molar-refractivity contribution is 0.175. The minimum Gasteiger partial charge on any atom is -0.396 e. The van der Waals surface area contributed by atoms with Gasteiger partial charge < -0.3 is 5.11 Å². The van der Waals surface area contributed by atoms with E-state index in [0.717, 1.165) is 5.92 Å². The van der Waals surface area contributed by atoms with Crippen molar-refractivity contribution in [2.24, 2.45) is 17.8 Å². The van der Waals surface area contributed by atoms with Crippen LogP contribution in [0.25, 0.3) is 0 Å². The Bertz CT molecular complexity index is 97.4. The molecule has 0 aromatic heterocycles. The molecule has 1 unspecified atom stereocenters. The maximum Gasteiger partial charge on any atom is 0.0461 e. The molecule has 14 heavy (non-hydrogen) atoms. The van der Waals surface area contributed by atoms with Gasteiger partial charge in [-0.1, -0.05) is 54.4 Å². The summed E-state index contributed by atoms with van der Waals surface area (Å²) in [5.41, 5.74) is 0. The first-order valence-corrected chi connectivity index (χ1v) is 6.10. The van der Waals surface area contributed by atoms with E-state index in [9.17, 15) is 0 Å². The lowest BCUT2D eigenvalue weighted by atomic mass is 9.89. The van der Waals surface area contributed by atoms with E-state index in [2.05, 4.69) is 41.5 Å². The van der Waals surface area contributed by atoms with Crippen molar-refractivity contribution in [2.45, 2.75) is 60.8 Å². The first-order chi connectivity index (χ1) is 6.49. The average molecular weight is 202 g/mol. The predicted octanol–water partition coefficient (Wildman–Crippen LogP) is 4.10. The molecule has 0 rings (SSSR count). The molecule has 1 N–H and O–H groups in total. The molecular weight excluding hydrogens is 172 g/mol. The number of hydrogen-bond acceptors (Lipinski definition) is 1. The molecule has 0 aliphatic carbocycles. The van der Waals surface area contributed by atoms with E-state index in [1.54, 1.807) is 0 Å². The lowest BCUT2D eigenvalue weighted by Gasteiger charge is -2.18. The van der Waals surface area contributed by atoms with Crippen LogP contribution in [0.3, 0.4) is 0 Å². The summed E-state index contributed by atoms with van der Waals surface area (Å²) in [5.74, 6) is 1.90. The van der Waals surface area contributed by atoms with Crippen LogP contribution in [0.4, 0.5) is 0 Å². The monoisotopic (exact) mass is 202 g/mol. The third kappa shape index (κ3) is 12.0. The van der Waals surface area contributed by atoms with Crippen molar-refractivity contribution in [2.75, 3.05) is 6.61 Å². The molecule has 0 bridgehead atoms. The highest BCUT2D eigenvalue weighted by Gasteiger charge is 2.11. The first-order valence-electron chi connectivity index (χ1n) is 6.10. The summed E-state index contributed by atoms with van der Waals surface area (Å²) in [5, 5.41) is 9.01. The molecule has 0 aliphatic heterocycles. The molecule has 0 radical (unpaired) electrons. The van der Waals surface area contributed by atoms with Crippen molar-refractivity contribution in [3.05, 3.63) is 0 Å². The van der Waals surface area contributed by atoms with Crippen molar-refractivity contribution >= 4 is 0 Å². The van der Waals surface area contributed by atoms with Crippen LogP contribution in [0.2, 0.25) is 0 Å². The lowest BCUT2D eigenvalue weighted by Crippen LogP contribution is -2.13. The smallest absolute Gasteiger partial charge is 0.0461 e. The molecule has 0 saturated heterocycles. The topological polar surface area (TPSA) is 20.2 Å². The zero-order valence-corrected chi connectivity index (χ0v) is 11.0. The third-order valence-corrected chi connectivity index (χ3v) is 2.29. The molecule has 1 atom stereocenters. The van der Waals surface area contributed by atoms with Crippen LogP contribution in [0, 0.1) is 17.8 Å². The Hall–Kier alpha value is -0.0400. The van der Waals surface area contributed by atoms with Crippen molar-refractivity contribution < 1.29 is 5.11 Å². The van der Waals surface area contributed by atoms with Gasteiger partial charge in [0.05, 0.1) is 0 Å². The Morgan fingerprint density at radius 3 is 1.57 bits per heavy atom. The average Bonchev–Trinajstić information content (AvgIpc) is 2.05. The van der Waals surface area contributed by atoms with E-state index in [1.807, 2.05) is 0 Å². The van der Waals surface area contributed by atoms with Gasteiger partial charge in [-0.2, -0.15) is 0 Å². The van der Waals surface area contributed by atoms with E-state index in [1.165, 1.54) is 19.3 Å². The maximum atomic E-state index is 9.01. The molecule has 0 fully saturated rings. The van der Waals surface area contributed by atoms with Crippen LogP contribution in [-0.2, 0) is 0 Å². The Labute approximate surface area is 90.9 Å². The van der Waals surface area contributed by atoms with Gasteiger partial charge in [0.2, 0.25) is 0 Å². The molecule has 0 spiro atoms. The van der Waals surface area contributed by atoms with Crippen LogP contribution in [0.5, 0.6) is 0 Å². The number of hydrogen-bond donors (Lipinski definition) is 1. The van der Waals surface area contributed by atoms with Crippen LogP contribution in [0.15, 0.2) is 0 Å². The van der Waals surface area contributed by atoms with Crippen LogP contribution >= 0.6 is 0 Å². The van der Waals surface area contributed by atoms with E-state index in [-0.39, 0.29) is 0 Å². The van der Waals surface area contributed by atoms with E-state index in [0.29, 0.717) is 18.4 Å². The van der Waals surface area contributed by atoms with Crippen molar-refractivity contribution in [3.63, 3.8) is 0 Å². The summed E-state index contributed by atoms with van der Waals surface area (Å²) in [6, 6.07) is 0. The molecule has 1 nitrogen and oxygen atoms in total. The molecule has 0 aliphatic rings. The van der Waals surface area contributed by atoms with Gasteiger partial charge in [-0.15, -0.1) is 0 Å². The number of aliphatic hydroxyl groups excluding tert-OH is 1. The zero-order valence-electron chi connectivity index (χ0n) is 11.0. The molecule has 0 saturated carbocycles. The molecule has 1 heteroatoms. The van der Waals surface area contributed by atoms with Gasteiger partial charge in [0.1, 0.15) is 0 Å². The summed E-state index contributed by atoms with van der Waals surface area (Å²) in [4.78, 5) is 0. The summed E-state index contributed by atoms with van der Waals surface area (Å²) in [7, 11) is 0. The van der Waals surface area contributed by atoms with Gasteiger partial charge in [0, 0.05) is 6.61 Å². The minimum absolute atomic E-state index is 0.352. The largest absolute Gasteiger partial charge is 0.396 e. The highest BCUT2D eigenvalue weighted by atomic mass is 16.3. The molecule has 0 aromatic carbocycles. The Kier molecular flexibility index (Phi) is 12.9. The standard InChI is InChI=1S/C10H22O.C3H8/c1-8(2)5-6-10(7-11)9(3)4;1-3-2/h8-11H,5-7H2,1-4H3;3H2,1-2H3. The second kappa shape index (κ2) is 11.0. The third-order valence-electron chi connectivity index (χ3n) is 2.29. The molecular formula is C13H30O. The highest BCUT2D eigenvalue weighted by Crippen LogP contribution is 2.18. The fourth-order valence-corrected chi connectivity index (χ4v) is 1.18. The number of rotatable bonds is 5. The van der Waals surface area contributed by atoms with Gasteiger partial charge in [0.15, 0.2) is 0 Å². The van der Waals surface area contributed by atoms with Crippen LogP contribution < -0.4 is 0 Å². The molecule has 0 amide bonds. The van der Waals surface area contributed by atoms with Crippen LogP contribution in [0.1, 0.15) is 60.8 Å².